The Kier molecular flexibility index (Phi) is 6.79. The minimum absolute atomic E-state index is 0.0809. The summed E-state index contributed by atoms with van der Waals surface area (Å²) in [5.74, 6) is -0.120. The van der Waals surface area contributed by atoms with Gasteiger partial charge in [0.05, 0.1) is 18.1 Å². The lowest BCUT2D eigenvalue weighted by Crippen LogP contribution is -2.35. The molecular weight excluding hydrogens is 378 g/mol. The maximum atomic E-state index is 12.4. The molecule has 1 aliphatic rings. The number of sulfonamides is 1. The lowest BCUT2D eigenvalue weighted by Gasteiger charge is -2.26. The molecule has 0 atom stereocenters. The van der Waals surface area contributed by atoms with Crippen molar-refractivity contribution in [3.8, 4) is 0 Å². The standard InChI is InChI=1S/C20H25N3O4S/c21-28(25,26)19-6-4-16(5-7-19)8-9-22-20(24)18-3-1-2-17(14-18)15-23-10-12-27-13-11-23/h1-7,14H,8-13,15H2,(H,22,24)(H2,21,25,26). The van der Waals surface area contributed by atoms with Crippen LogP contribution in [0.4, 0.5) is 0 Å². The van der Waals surface area contributed by atoms with Crippen LogP contribution in [0, 0.1) is 0 Å². The van der Waals surface area contributed by atoms with E-state index in [4.69, 9.17) is 9.88 Å². The minimum atomic E-state index is -3.68. The van der Waals surface area contributed by atoms with Crippen molar-refractivity contribution in [3.63, 3.8) is 0 Å². The fourth-order valence-electron chi connectivity index (χ4n) is 3.10. The van der Waals surface area contributed by atoms with Gasteiger partial charge in [0, 0.05) is 31.7 Å². The molecule has 0 bridgehead atoms. The van der Waals surface area contributed by atoms with Gasteiger partial charge in [-0.05, 0) is 41.8 Å². The summed E-state index contributed by atoms with van der Waals surface area (Å²) in [7, 11) is -3.68. The molecule has 1 saturated heterocycles. The second-order valence-corrected chi connectivity index (χ2v) is 8.35. The van der Waals surface area contributed by atoms with Crippen LogP contribution in [0.3, 0.4) is 0 Å². The summed E-state index contributed by atoms with van der Waals surface area (Å²) in [6.45, 7) is 4.57. The molecule has 8 heteroatoms. The van der Waals surface area contributed by atoms with Gasteiger partial charge >= 0.3 is 0 Å². The molecule has 0 saturated carbocycles. The lowest BCUT2D eigenvalue weighted by molar-refractivity contribution is 0.0342. The number of carbonyl (C=O) groups excluding carboxylic acids is 1. The third-order valence-corrected chi connectivity index (χ3v) is 5.58. The maximum absolute atomic E-state index is 12.4. The van der Waals surface area contributed by atoms with Gasteiger partial charge in [-0.1, -0.05) is 24.3 Å². The van der Waals surface area contributed by atoms with Crippen molar-refractivity contribution in [2.45, 2.75) is 17.9 Å². The molecule has 1 aliphatic heterocycles. The number of rotatable bonds is 7. The van der Waals surface area contributed by atoms with Crippen LogP contribution in [0.2, 0.25) is 0 Å². The topological polar surface area (TPSA) is 102 Å². The highest BCUT2D eigenvalue weighted by Crippen LogP contribution is 2.11. The average molecular weight is 404 g/mol. The van der Waals surface area contributed by atoms with Gasteiger partial charge in [-0.25, -0.2) is 13.6 Å². The Morgan fingerprint density at radius 2 is 1.79 bits per heavy atom. The summed E-state index contributed by atoms with van der Waals surface area (Å²) in [5, 5.41) is 8.00. The van der Waals surface area contributed by atoms with E-state index < -0.39 is 10.0 Å². The largest absolute Gasteiger partial charge is 0.379 e. The highest BCUT2D eigenvalue weighted by molar-refractivity contribution is 7.89. The predicted octanol–water partition coefficient (Wildman–Crippen LogP) is 1.14. The van der Waals surface area contributed by atoms with Crippen LogP contribution in [0.5, 0.6) is 0 Å². The number of hydrogen-bond acceptors (Lipinski definition) is 5. The van der Waals surface area contributed by atoms with Crippen molar-refractivity contribution in [2.75, 3.05) is 32.8 Å². The number of nitrogens with zero attached hydrogens (tertiary/aromatic N) is 1. The second-order valence-electron chi connectivity index (χ2n) is 6.78. The highest BCUT2D eigenvalue weighted by atomic mass is 32.2. The number of hydrogen-bond donors (Lipinski definition) is 2. The minimum Gasteiger partial charge on any atom is -0.379 e. The monoisotopic (exact) mass is 403 g/mol. The Bertz CT molecular complexity index is 907. The smallest absolute Gasteiger partial charge is 0.251 e. The quantitative estimate of drug-likeness (QED) is 0.722. The highest BCUT2D eigenvalue weighted by Gasteiger charge is 2.12. The lowest BCUT2D eigenvalue weighted by atomic mass is 10.1. The van der Waals surface area contributed by atoms with Crippen LogP contribution in [-0.2, 0) is 27.7 Å². The number of carbonyl (C=O) groups is 1. The van der Waals surface area contributed by atoms with Crippen LogP contribution in [0.1, 0.15) is 21.5 Å². The molecule has 0 radical (unpaired) electrons. The summed E-state index contributed by atoms with van der Waals surface area (Å²) >= 11 is 0. The zero-order valence-electron chi connectivity index (χ0n) is 15.6. The van der Waals surface area contributed by atoms with Crippen molar-refractivity contribution in [3.05, 3.63) is 65.2 Å². The molecule has 3 rings (SSSR count). The summed E-state index contributed by atoms with van der Waals surface area (Å²) < 4.78 is 27.9. The normalized spacial score (nSPS) is 15.3. The van der Waals surface area contributed by atoms with E-state index in [0.717, 1.165) is 44.0 Å². The summed E-state index contributed by atoms with van der Waals surface area (Å²) in [6, 6.07) is 14.0. The van der Waals surface area contributed by atoms with E-state index in [1.807, 2.05) is 18.2 Å². The Labute approximate surface area is 165 Å². The summed E-state index contributed by atoms with van der Waals surface area (Å²) in [6.07, 6.45) is 0.601. The molecule has 0 unspecified atom stereocenters. The molecule has 7 nitrogen and oxygen atoms in total. The molecule has 2 aromatic carbocycles. The van der Waals surface area contributed by atoms with Crippen molar-refractivity contribution in [1.29, 1.82) is 0 Å². The van der Waals surface area contributed by atoms with Crippen LogP contribution in [-0.4, -0.2) is 52.1 Å². The molecule has 2 aromatic rings. The van der Waals surface area contributed by atoms with Gasteiger partial charge in [0.1, 0.15) is 0 Å². The van der Waals surface area contributed by atoms with Crippen LogP contribution in [0.25, 0.3) is 0 Å². The van der Waals surface area contributed by atoms with E-state index in [9.17, 15) is 13.2 Å². The molecule has 28 heavy (non-hydrogen) atoms. The van der Waals surface area contributed by atoms with Gasteiger partial charge in [-0.15, -0.1) is 0 Å². The number of amides is 1. The third kappa shape index (κ3) is 5.87. The van der Waals surface area contributed by atoms with Crippen LogP contribution in [0.15, 0.2) is 53.4 Å². The second kappa shape index (κ2) is 9.29. The Morgan fingerprint density at radius 1 is 1.07 bits per heavy atom. The van der Waals surface area contributed by atoms with Gasteiger partial charge < -0.3 is 10.1 Å². The molecule has 1 heterocycles. The van der Waals surface area contributed by atoms with Crippen LogP contribution >= 0.6 is 0 Å². The van der Waals surface area contributed by atoms with E-state index in [-0.39, 0.29) is 10.8 Å². The number of primary sulfonamides is 1. The van der Waals surface area contributed by atoms with E-state index in [2.05, 4.69) is 10.2 Å². The first-order chi connectivity index (χ1) is 13.4. The van der Waals surface area contributed by atoms with Gasteiger partial charge in [0.25, 0.3) is 5.91 Å². The fourth-order valence-corrected chi connectivity index (χ4v) is 3.61. The van der Waals surface area contributed by atoms with E-state index >= 15 is 0 Å². The number of ether oxygens (including phenoxy) is 1. The maximum Gasteiger partial charge on any atom is 0.251 e. The molecule has 0 aromatic heterocycles. The van der Waals surface area contributed by atoms with Gasteiger partial charge in [-0.3, -0.25) is 9.69 Å². The molecule has 1 amide bonds. The van der Waals surface area contributed by atoms with E-state index in [1.165, 1.54) is 12.1 Å². The van der Waals surface area contributed by atoms with Gasteiger partial charge in [0.15, 0.2) is 0 Å². The van der Waals surface area contributed by atoms with Crippen molar-refractivity contribution in [2.24, 2.45) is 5.14 Å². The molecular formula is C20H25N3O4S. The average Bonchev–Trinajstić information content (AvgIpc) is 2.68. The fraction of sp³-hybridized carbons (Fsp3) is 0.350. The van der Waals surface area contributed by atoms with Crippen molar-refractivity contribution < 1.29 is 17.9 Å². The molecule has 0 spiro atoms. The number of nitrogens with two attached hydrogens (primary N) is 1. The zero-order valence-corrected chi connectivity index (χ0v) is 16.5. The molecule has 0 aliphatic carbocycles. The first-order valence-electron chi connectivity index (χ1n) is 9.21. The number of nitrogens with one attached hydrogen (secondary N) is 1. The first kappa shape index (κ1) is 20.5. The van der Waals surface area contributed by atoms with Gasteiger partial charge in [0.2, 0.25) is 10.0 Å². The SMILES string of the molecule is NS(=O)(=O)c1ccc(CCNC(=O)c2cccc(CN3CCOCC3)c2)cc1. The van der Waals surface area contributed by atoms with E-state index in [1.54, 1.807) is 18.2 Å². The van der Waals surface area contributed by atoms with Crippen molar-refractivity contribution >= 4 is 15.9 Å². The third-order valence-electron chi connectivity index (χ3n) is 4.65. The molecule has 1 fully saturated rings. The summed E-state index contributed by atoms with van der Waals surface area (Å²) in [5.41, 5.74) is 2.66. The van der Waals surface area contributed by atoms with Crippen molar-refractivity contribution in [1.82, 2.24) is 10.2 Å². The first-order valence-corrected chi connectivity index (χ1v) is 10.8. The number of benzene rings is 2. The number of morpholine rings is 1. The van der Waals surface area contributed by atoms with Crippen LogP contribution < -0.4 is 10.5 Å². The Balaban J connectivity index is 1.51. The Hall–Kier alpha value is -2.26. The zero-order chi connectivity index (χ0) is 20.0. The van der Waals surface area contributed by atoms with Gasteiger partial charge in [-0.2, -0.15) is 0 Å². The summed E-state index contributed by atoms with van der Waals surface area (Å²) in [4.78, 5) is 14.8. The molecule has 150 valence electrons. The molecule has 3 N–H and O–H groups in total. The van der Waals surface area contributed by atoms with E-state index in [0.29, 0.717) is 18.5 Å². The predicted molar refractivity (Wildman–Crippen MR) is 106 cm³/mol. The Morgan fingerprint density at radius 3 is 2.46 bits per heavy atom.